The number of rotatable bonds is 4. The topological polar surface area (TPSA) is 64.6 Å². The van der Waals surface area contributed by atoms with Gasteiger partial charge in [0.2, 0.25) is 5.91 Å². The monoisotopic (exact) mass is 270 g/mol. The number of amides is 1. The van der Waals surface area contributed by atoms with Crippen molar-refractivity contribution in [2.45, 2.75) is 45.2 Å². The van der Waals surface area contributed by atoms with Crippen LogP contribution in [0.5, 0.6) is 0 Å². The summed E-state index contributed by atoms with van der Waals surface area (Å²) in [6, 6.07) is 0. The molecule has 1 rings (SSSR count). The lowest BCUT2D eigenvalue weighted by Crippen LogP contribution is -2.49. The van der Waals surface area contributed by atoms with Crippen LogP contribution in [0, 0.1) is 5.92 Å². The van der Waals surface area contributed by atoms with Crippen molar-refractivity contribution in [3.05, 3.63) is 0 Å². The zero-order valence-electron chi connectivity index (χ0n) is 11.3. The summed E-state index contributed by atoms with van der Waals surface area (Å²) in [5.74, 6) is -0.396. The molecule has 101 valence electrons. The molecule has 1 aliphatic heterocycles. The average Bonchev–Trinajstić information content (AvgIpc) is 2.45. The van der Waals surface area contributed by atoms with Crippen LogP contribution in [0.25, 0.3) is 0 Å². The Kier molecular flexibility index (Phi) is 4.61. The molecule has 1 saturated heterocycles. The maximum Gasteiger partial charge on any atom is 0.225 e. The van der Waals surface area contributed by atoms with Gasteiger partial charge in [0.15, 0.2) is 0 Å². The standard InChI is InChI=1S/C12H20N3O2S/c1-11(2)7-9(12(3,4)15(11)17)10(16)14-6-5-13-8-18/h9H,5-7H2,1-4H3,(H,14,16). The van der Waals surface area contributed by atoms with Crippen molar-refractivity contribution in [1.82, 2.24) is 10.4 Å². The van der Waals surface area contributed by atoms with E-state index >= 15 is 0 Å². The minimum Gasteiger partial charge on any atom is -0.354 e. The van der Waals surface area contributed by atoms with E-state index in [-0.39, 0.29) is 11.8 Å². The number of hydrogen-bond donors (Lipinski definition) is 1. The molecule has 0 aromatic carbocycles. The maximum absolute atomic E-state index is 12.1. The number of nitrogens with one attached hydrogen (secondary N) is 1. The van der Waals surface area contributed by atoms with E-state index in [1.807, 2.05) is 27.7 Å². The van der Waals surface area contributed by atoms with E-state index in [2.05, 4.69) is 27.7 Å². The van der Waals surface area contributed by atoms with E-state index in [0.717, 1.165) is 5.06 Å². The van der Waals surface area contributed by atoms with Gasteiger partial charge in [0.05, 0.1) is 23.2 Å². The average molecular weight is 270 g/mol. The molecule has 0 aromatic rings. The van der Waals surface area contributed by atoms with Crippen molar-refractivity contribution >= 4 is 23.3 Å². The quantitative estimate of drug-likeness (QED) is 0.477. The second-order valence-corrected chi connectivity index (χ2v) is 5.96. The molecule has 0 aromatic heterocycles. The Morgan fingerprint density at radius 3 is 2.56 bits per heavy atom. The van der Waals surface area contributed by atoms with E-state index < -0.39 is 11.1 Å². The Morgan fingerprint density at radius 1 is 1.50 bits per heavy atom. The van der Waals surface area contributed by atoms with Crippen molar-refractivity contribution in [1.29, 1.82) is 0 Å². The van der Waals surface area contributed by atoms with Gasteiger partial charge in [-0.25, -0.2) is 4.99 Å². The third-order valence-electron chi connectivity index (χ3n) is 3.53. The van der Waals surface area contributed by atoms with Crippen molar-refractivity contribution < 1.29 is 10.0 Å². The number of thiocarbonyl (C=S) groups is 1. The summed E-state index contributed by atoms with van der Waals surface area (Å²) in [6.07, 6.45) is 0.561. The van der Waals surface area contributed by atoms with E-state index in [1.165, 1.54) is 0 Å². The Hall–Kier alpha value is -0.810. The third-order valence-corrected chi connectivity index (χ3v) is 3.66. The van der Waals surface area contributed by atoms with Crippen LogP contribution in [-0.2, 0) is 10.0 Å². The van der Waals surface area contributed by atoms with Crippen molar-refractivity contribution in [3.8, 4) is 0 Å². The molecule has 1 aliphatic rings. The zero-order valence-corrected chi connectivity index (χ0v) is 12.1. The molecule has 6 heteroatoms. The number of carbonyl (C=O) groups is 1. The van der Waals surface area contributed by atoms with Gasteiger partial charge in [-0.3, -0.25) is 4.79 Å². The number of hydrogen-bond acceptors (Lipinski definition) is 4. The number of nitrogens with zero attached hydrogens (tertiary/aromatic N) is 2. The highest BCUT2D eigenvalue weighted by molar-refractivity contribution is 7.78. The van der Waals surface area contributed by atoms with Crippen molar-refractivity contribution in [3.63, 3.8) is 0 Å². The summed E-state index contributed by atoms with van der Waals surface area (Å²) in [5, 5.41) is 18.2. The first-order chi connectivity index (χ1) is 8.23. The fraction of sp³-hybridized carbons (Fsp3) is 0.833. The maximum atomic E-state index is 12.1. The Morgan fingerprint density at radius 2 is 2.11 bits per heavy atom. The van der Waals surface area contributed by atoms with Crippen LogP contribution in [0.4, 0.5) is 0 Å². The molecule has 1 N–H and O–H groups in total. The number of isothiocyanates is 1. The van der Waals surface area contributed by atoms with Gasteiger partial charge >= 0.3 is 0 Å². The van der Waals surface area contributed by atoms with Crippen LogP contribution in [-0.4, -0.2) is 40.3 Å². The first kappa shape index (κ1) is 15.2. The van der Waals surface area contributed by atoms with Crippen LogP contribution in [0.3, 0.4) is 0 Å². The van der Waals surface area contributed by atoms with Crippen molar-refractivity contribution in [2.75, 3.05) is 13.1 Å². The van der Waals surface area contributed by atoms with E-state index in [9.17, 15) is 10.0 Å². The molecule has 18 heavy (non-hydrogen) atoms. The Bertz CT molecular complexity index is 376. The highest BCUT2D eigenvalue weighted by Crippen LogP contribution is 2.43. The highest BCUT2D eigenvalue weighted by atomic mass is 32.1. The number of carbonyl (C=O) groups excluding carboxylic acids is 1. The molecule has 1 fully saturated rings. The summed E-state index contributed by atoms with van der Waals surface area (Å²) in [5.41, 5.74) is -1.18. The fourth-order valence-corrected chi connectivity index (χ4v) is 2.66. The molecule has 0 bridgehead atoms. The predicted octanol–water partition coefficient (Wildman–Crippen LogP) is 1.43. The number of hydroxylamine groups is 2. The molecule has 1 atom stereocenters. The molecule has 1 heterocycles. The summed E-state index contributed by atoms with van der Waals surface area (Å²) in [7, 11) is 0. The molecule has 0 spiro atoms. The third kappa shape index (κ3) is 2.95. The fourth-order valence-electron chi connectivity index (χ4n) is 2.57. The van der Waals surface area contributed by atoms with Crippen LogP contribution in [0.2, 0.25) is 0 Å². The van der Waals surface area contributed by atoms with Gasteiger partial charge in [-0.05, 0) is 46.3 Å². The van der Waals surface area contributed by atoms with Crippen LogP contribution in [0.1, 0.15) is 34.1 Å². The van der Waals surface area contributed by atoms with Crippen molar-refractivity contribution in [2.24, 2.45) is 10.9 Å². The smallest absolute Gasteiger partial charge is 0.225 e. The van der Waals surface area contributed by atoms with Gasteiger partial charge in [0.25, 0.3) is 0 Å². The molecule has 5 nitrogen and oxygen atoms in total. The second kappa shape index (κ2) is 5.45. The molecule has 0 aliphatic carbocycles. The lowest BCUT2D eigenvalue weighted by molar-refractivity contribution is -0.247. The molecule has 1 amide bonds. The first-order valence-electron chi connectivity index (χ1n) is 6.02. The highest BCUT2D eigenvalue weighted by Gasteiger charge is 2.54. The molecular formula is C12H20N3O2S. The minimum atomic E-state index is -0.680. The van der Waals surface area contributed by atoms with Crippen LogP contribution < -0.4 is 5.32 Å². The zero-order chi connectivity index (χ0) is 14.0. The lowest BCUT2D eigenvalue weighted by atomic mass is 9.86. The minimum absolute atomic E-state index is 0.0917. The molecular weight excluding hydrogens is 250 g/mol. The van der Waals surface area contributed by atoms with Gasteiger partial charge < -0.3 is 5.32 Å². The van der Waals surface area contributed by atoms with Gasteiger partial charge in [0, 0.05) is 12.1 Å². The SMILES string of the molecule is CC1(C)CC(C(=O)NCCN=C=S)C(C)(C)N1[O]. The van der Waals surface area contributed by atoms with Gasteiger partial charge in [0.1, 0.15) is 0 Å². The lowest BCUT2D eigenvalue weighted by Gasteiger charge is -2.33. The molecule has 1 radical (unpaired) electrons. The largest absolute Gasteiger partial charge is 0.354 e. The summed E-state index contributed by atoms with van der Waals surface area (Å²) in [6.45, 7) is 8.21. The van der Waals surface area contributed by atoms with E-state index in [1.54, 1.807) is 0 Å². The normalized spacial score (nSPS) is 25.5. The van der Waals surface area contributed by atoms with Gasteiger partial charge in [-0.15, -0.1) is 10.3 Å². The second-order valence-electron chi connectivity index (χ2n) is 5.78. The Balaban J connectivity index is 2.66. The van der Waals surface area contributed by atoms with E-state index in [4.69, 9.17) is 0 Å². The summed E-state index contributed by atoms with van der Waals surface area (Å²) >= 11 is 4.44. The Labute approximate surface area is 113 Å². The summed E-state index contributed by atoms with van der Waals surface area (Å²) < 4.78 is 0. The summed E-state index contributed by atoms with van der Waals surface area (Å²) in [4.78, 5) is 15.8. The first-order valence-corrected chi connectivity index (χ1v) is 6.43. The van der Waals surface area contributed by atoms with Crippen LogP contribution >= 0.6 is 12.2 Å². The van der Waals surface area contributed by atoms with Gasteiger partial charge in [-0.2, -0.15) is 0 Å². The molecule has 0 saturated carbocycles. The number of aliphatic imine (C=N–C) groups is 1. The predicted molar refractivity (Wildman–Crippen MR) is 71.7 cm³/mol. The van der Waals surface area contributed by atoms with Crippen LogP contribution in [0.15, 0.2) is 4.99 Å². The molecule has 1 unspecified atom stereocenters. The van der Waals surface area contributed by atoms with E-state index in [0.29, 0.717) is 19.5 Å². The van der Waals surface area contributed by atoms with Gasteiger partial charge in [-0.1, -0.05) is 0 Å².